The molecule has 5 nitrogen and oxygen atoms in total. The molecule has 0 radical (unpaired) electrons. The minimum atomic E-state index is -0.586. The molecule has 5 heteroatoms. The minimum Gasteiger partial charge on any atom is -0.462 e. The molecule has 0 saturated heterocycles. The van der Waals surface area contributed by atoms with Crippen LogP contribution in [0.5, 0.6) is 0 Å². The summed E-state index contributed by atoms with van der Waals surface area (Å²) in [6.45, 7) is 7.51. The third-order valence-electron chi connectivity index (χ3n) is 11.0. The fourth-order valence-corrected chi connectivity index (χ4v) is 7.04. The number of unbranched alkanes of at least 4 members (excludes halogenated alkanes) is 17. The van der Waals surface area contributed by atoms with Crippen molar-refractivity contribution in [1.29, 1.82) is 0 Å². The number of carbonyl (C=O) groups is 2. The topological polar surface area (TPSA) is 61.8 Å². The molecule has 0 aromatic rings. The molecule has 0 spiro atoms. The Hall–Kier alpha value is -3.70. The number of hydrogen-bond donors (Lipinski definition) is 0. The number of carbonyl (C=O) groups excluding carboxylic acids is 2. The summed E-state index contributed by atoms with van der Waals surface area (Å²) in [6.07, 6.45) is 77.9. The Balaban J connectivity index is 4.44. The van der Waals surface area contributed by atoms with E-state index in [1.807, 2.05) is 0 Å². The Morgan fingerprint density at radius 1 is 0.348 bits per heavy atom. The van der Waals surface area contributed by atoms with E-state index in [-0.39, 0.29) is 25.2 Å². The first kappa shape index (κ1) is 62.3. The van der Waals surface area contributed by atoms with Crippen LogP contribution in [0.1, 0.15) is 226 Å². The van der Waals surface area contributed by atoms with E-state index in [0.717, 1.165) is 116 Å². The summed E-state index contributed by atoms with van der Waals surface area (Å²) < 4.78 is 17.4. The van der Waals surface area contributed by atoms with E-state index in [1.54, 1.807) is 0 Å². The first-order valence-corrected chi connectivity index (χ1v) is 27.1. The van der Waals surface area contributed by atoms with Crippen LogP contribution in [-0.2, 0) is 23.8 Å². The third kappa shape index (κ3) is 52.9. The Labute approximate surface area is 407 Å². The van der Waals surface area contributed by atoms with Crippen molar-refractivity contribution in [2.24, 2.45) is 0 Å². The van der Waals surface area contributed by atoms with Crippen LogP contribution in [0.4, 0.5) is 0 Å². The molecule has 0 N–H and O–H groups in total. The standard InChI is InChI=1S/C61H100O5/c1-4-7-10-13-16-19-22-25-28-30-31-33-34-36-39-42-45-48-51-54-60(62)65-58-59(57-64-56-53-50-47-44-41-38-27-24-21-18-15-12-9-6-3)66-61(63)55-52-49-46-43-40-37-35-32-29-26-23-20-17-14-11-8-5-2/h7-8,10-11,16-17,19-20,25-26,28-29,31,33,35-37,39,43,46,59H,4-6,9,12-15,18,21-24,27,30,32,34,38,40-42,44-45,47-58H2,1-3H3/b10-7-,11-8-,19-16-,20-17-,28-25-,29-26-,33-31-,37-35-,39-36-,46-43-. The first-order valence-electron chi connectivity index (χ1n) is 27.1. The molecule has 0 amide bonds. The van der Waals surface area contributed by atoms with Gasteiger partial charge in [-0.15, -0.1) is 0 Å². The molecule has 0 bridgehead atoms. The van der Waals surface area contributed by atoms with Gasteiger partial charge < -0.3 is 14.2 Å². The molecule has 0 aliphatic carbocycles. The summed E-state index contributed by atoms with van der Waals surface area (Å²) in [5.74, 6) is -0.505. The van der Waals surface area contributed by atoms with Gasteiger partial charge in [-0.25, -0.2) is 0 Å². The molecule has 0 saturated carbocycles. The van der Waals surface area contributed by atoms with Gasteiger partial charge >= 0.3 is 11.9 Å². The Kier molecular flexibility index (Phi) is 52.5. The normalized spacial score (nSPS) is 13.2. The third-order valence-corrected chi connectivity index (χ3v) is 11.0. The maximum absolute atomic E-state index is 12.8. The quantitative estimate of drug-likeness (QED) is 0.0346. The molecular formula is C61H100O5. The number of rotatable bonds is 48. The summed E-state index contributed by atoms with van der Waals surface area (Å²) in [7, 11) is 0. The highest BCUT2D eigenvalue weighted by Gasteiger charge is 2.17. The molecule has 0 aliphatic rings. The van der Waals surface area contributed by atoms with Crippen LogP contribution in [0, 0.1) is 0 Å². The number of ether oxygens (including phenoxy) is 3. The van der Waals surface area contributed by atoms with Crippen molar-refractivity contribution in [1.82, 2.24) is 0 Å². The smallest absolute Gasteiger partial charge is 0.306 e. The van der Waals surface area contributed by atoms with Crippen LogP contribution in [0.2, 0.25) is 0 Å². The molecule has 0 fully saturated rings. The molecule has 0 aromatic carbocycles. The van der Waals surface area contributed by atoms with Crippen LogP contribution >= 0.6 is 0 Å². The lowest BCUT2D eigenvalue weighted by Crippen LogP contribution is -2.30. The van der Waals surface area contributed by atoms with Gasteiger partial charge in [0.15, 0.2) is 6.10 Å². The zero-order valence-corrected chi connectivity index (χ0v) is 42.9. The first-order chi connectivity index (χ1) is 32.6. The predicted molar refractivity (Wildman–Crippen MR) is 288 cm³/mol. The second-order valence-electron chi connectivity index (χ2n) is 17.4. The Bertz CT molecular complexity index is 1350. The highest BCUT2D eigenvalue weighted by atomic mass is 16.6. The molecule has 0 heterocycles. The van der Waals surface area contributed by atoms with Gasteiger partial charge in [-0.3, -0.25) is 9.59 Å². The van der Waals surface area contributed by atoms with Crippen LogP contribution in [0.15, 0.2) is 122 Å². The minimum absolute atomic E-state index is 0.0398. The fraction of sp³-hybridized carbons (Fsp3) is 0.639. The van der Waals surface area contributed by atoms with Crippen molar-refractivity contribution in [3.63, 3.8) is 0 Å². The Morgan fingerprint density at radius 2 is 0.697 bits per heavy atom. The molecular weight excluding hydrogens is 813 g/mol. The average Bonchev–Trinajstić information content (AvgIpc) is 3.32. The molecule has 1 unspecified atom stereocenters. The fourth-order valence-electron chi connectivity index (χ4n) is 7.04. The van der Waals surface area contributed by atoms with Crippen molar-refractivity contribution in [3.05, 3.63) is 122 Å². The van der Waals surface area contributed by atoms with Crippen molar-refractivity contribution in [2.75, 3.05) is 19.8 Å². The lowest BCUT2D eigenvalue weighted by atomic mass is 10.0. The largest absolute Gasteiger partial charge is 0.462 e. The van der Waals surface area contributed by atoms with Gasteiger partial charge in [0, 0.05) is 19.4 Å². The van der Waals surface area contributed by atoms with Gasteiger partial charge in [0.1, 0.15) is 6.61 Å². The number of hydrogen-bond acceptors (Lipinski definition) is 5. The van der Waals surface area contributed by atoms with E-state index in [4.69, 9.17) is 14.2 Å². The summed E-state index contributed by atoms with van der Waals surface area (Å²) in [4.78, 5) is 25.4. The van der Waals surface area contributed by atoms with Gasteiger partial charge in [0.05, 0.1) is 6.61 Å². The van der Waals surface area contributed by atoms with Gasteiger partial charge in [0.25, 0.3) is 0 Å². The zero-order chi connectivity index (χ0) is 47.7. The van der Waals surface area contributed by atoms with E-state index in [9.17, 15) is 9.59 Å². The van der Waals surface area contributed by atoms with E-state index in [2.05, 4.69) is 142 Å². The molecule has 0 rings (SSSR count). The summed E-state index contributed by atoms with van der Waals surface area (Å²) in [5.41, 5.74) is 0. The summed E-state index contributed by atoms with van der Waals surface area (Å²) >= 11 is 0. The van der Waals surface area contributed by atoms with Crippen LogP contribution in [-0.4, -0.2) is 37.9 Å². The van der Waals surface area contributed by atoms with Crippen molar-refractivity contribution in [3.8, 4) is 0 Å². The summed E-state index contributed by atoms with van der Waals surface area (Å²) in [6, 6.07) is 0. The highest BCUT2D eigenvalue weighted by Crippen LogP contribution is 2.14. The monoisotopic (exact) mass is 913 g/mol. The van der Waals surface area contributed by atoms with Crippen LogP contribution in [0.3, 0.4) is 0 Å². The second kappa shape index (κ2) is 55.6. The number of allylic oxidation sites excluding steroid dienone is 20. The molecule has 66 heavy (non-hydrogen) atoms. The maximum atomic E-state index is 12.8. The predicted octanol–water partition coefficient (Wildman–Crippen LogP) is 18.6. The molecule has 1 atom stereocenters. The van der Waals surface area contributed by atoms with Gasteiger partial charge in [-0.1, -0.05) is 232 Å². The van der Waals surface area contributed by atoms with Crippen molar-refractivity contribution >= 4 is 11.9 Å². The van der Waals surface area contributed by atoms with E-state index in [0.29, 0.717) is 19.4 Å². The van der Waals surface area contributed by atoms with Crippen LogP contribution < -0.4 is 0 Å². The van der Waals surface area contributed by atoms with Crippen molar-refractivity contribution in [2.45, 2.75) is 232 Å². The van der Waals surface area contributed by atoms with Gasteiger partial charge in [0.2, 0.25) is 0 Å². The maximum Gasteiger partial charge on any atom is 0.306 e. The van der Waals surface area contributed by atoms with E-state index in [1.165, 1.54) is 77.0 Å². The van der Waals surface area contributed by atoms with Gasteiger partial charge in [-0.2, -0.15) is 0 Å². The average molecular weight is 913 g/mol. The highest BCUT2D eigenvalue weighted by molar-refractivity contribution is 5.70. The van der Waals surface area contributed by atoms with Crippen molar-refractivity contribution < 1.29 is 23.8 Å². The van der Waals surface area contributed by atoms with E-state index < -0.39 is 6.10 Å². The zero-order valence-electron chi connectivity index (χ0n) is 42.9. The number of esters is 2. The lowest BCUT2D eigenvalue weighted by Gasteiger charge is -2.18. The molecule has 0 aromatic heterocycles. The van der Waals surface area contributed by atoms with E-state index >= 15 is 0 Å². The molecule has 374 valence electrons. The molecule has 0 aliphatic heterocycles. The Morgan fingerprint density at radius 3 is 1.12 bits per heavy atom. The lowest BCUT2D eigenvalue weighted by molar-refractivity contribution is -0.162. The summed E-state index contributed by atoms with van der Waals surface area (Å²) in [5, 5.41) is 0. The second-order valence-corrected chi connectivity index (χ2v) is 17.4. The SMILES string of the molecule is CC/C=C\C/C=C\C/C=C\C/C=C\C/C=C\CCCCCC(=O)OCC(COCCCCCCCCCCCCCCCC)OC(=O)CCC/C=C\C/C=C\C/C=C\C/C=C\C/C=C\CC. The van der Waals surface area contributed by atoms with Gasteiger partial charge in [-0.05, 0) is 103 Å². The van der Waals surface area contributed by atoms with Crippen LogP contribution in [0.25, 0.3) is 0 Å².